The molecule has 2 aromatic rings. The van der Waals surface area contributed by atoms with Crippen molar-refractivity contribution in [2.45, 2.75) is 30.6 Å². The molecule has 0 aliphatic heterocycles. The number of hydrogen-bond acceptors (Lipinski definition) is 4. The summed E-state index contributed by atoms with van der Waals surface area (Å²) in [5.41, 5.74) is 1.05. The van der Waals surface area contributed by atoms with Crippen molar-refractivity contribution in [3.05, 3.63) is 64.2 Å². The molecule has 0 saturated carbocycles. The monoisotopic (exact) mass is 395 g/mol. The van der Waals surface area contributed by atoms with Gasteiger partial charge in [-0.15, -0.1) is 0 Å². The quantitative estimate of drug-likeness (QED) is 0.788. The van der Waals surface area contributed by atoms with E-state index in [1.54, 1.807) is 37.4 Å². The van der Waals surface area contributed by atoms with Crippen molar-refractivity contribution in [1.29, 1.82) is 0 Å². The molecule has 0 amide bonds. The summed E-state index contributed by atoms with van der Waals surface area (Å²) in [5.74, 6) is 0.505. The first-order chi connectivity index (χ1) is 12.3. The van der Waals surface area contributed by atoms with Crippen LogP contribution < -0.4 is 9.46 Å². The molecular formula is C19H22ClNO4S. The fourth-order valence-electron chi connectivity index (χ4n) is 3.35. The summed E-state index contributed by atoms with van der Waals surface area (Å²) in [6, 6.07) is 12.3. The minimum absolute atomic E-state index is 0.0703. The maximum Gasteiger partial charge on any atom is 0.215 e. The molecule has 0 saturated heterocycles. The molecule has 0 aromatic heterocycles. The third-order valence-electron chi connectivity index (χ3n) is 4.74. The number of aliphatic hydroxyl groups is 1. The maximum atomic E-state index is 12.4. The van der Waals surface area contributed by atoms with E-state index in [-0.39, 0.29) is 12.3 Å². The van der Waals surface area contributed by atoms with Gasteiger partial charge in [0.25, 0.3) is 0 Å². The van der Waals surface area contributed by atoms with Gasteiger partial charge in [-0.05, 0) is 54.2 Å². The van der Waals surface area contributed by atoms with Crippen LogP contribution in [0.25, 0.3) is 0 Å². The van der Waals surface area contributed by atoms with Crippen LogP contribution in [0.4, 0.5) is 0 Å². The third kappa shape index (κ3) is 4.20. The van der Waals surface area contributed by atoms with Crippen LogP contribution in [0, 0.1) is 0 Å². The number of nitrogens with one attached hydrogen (secondary N) is 1. The molecule has 0 spiro atoms. The molecule has 0 bridgehead atoms. The number of benzene rings is 2. The van der Waals surface area contributed by atoms with Gasteiger partial charge in [0.05, 0.1) is 12.9 Å². The van der Waals surface area contributed by atoms with Crippen LogP contribution in [0.5, 0.6) is 5.75 Å². The highest BCUT2D eigenvalue weighted by Crippen LogP contribution is 2.36. The number of sulfonamides is 1. The van der Waals surface area contributed by atoms with Gasteiger partial charge < -0.3 is 9.84 Å². The number of methoxy groups -OCH3 is 1. The standard InChI is InChI=1S/C19H22ClNO4S/c1-25-16-8-9-17-14(11-16)6-4-10-19(17,22)13-21-26(23,24)12-15-5-2-3-7-18(15)20/h2-3,5,7-9,11,21-22H,4,6,10,12-13H2,1H3/t19-/m0/s1. The van der Waals surface area contributed by atoms with E-state index in [9.17, 15) is 13.5 Å². The first-order valence-corrected chi connectivity index (χ1v) is 10.5. The van der Waals surface area contributed by atoms with E-state index in [0.717, 1.165) is 29.7 Å². The first kappa shape index (κ1) is 19.2. The van der Waals surface area contributed by atoms with Gasteiger partial charge in [0.15, 0.2) is 0 Å². The predicted molar refractivity (Wildman–Crippen MR) is 102 cm³/mol. The lowest BCUT2D eigenvalue weighted by Crippen LogP contribution is -2.43. The number of ether oxygens (including phenoxy) is 1. The summed E-state index contributed by atoms with van der Waals surface area (Å²) in [5, 5.41) is 11.5. The first-order valence-electron chi connectivity index (χ1n) is 8.43. The minimum atomic E-state index is -3.63. The van der Waals surface area contributed by atoms with Gasteiger partial charge in [-0.25, -0.2) is 13.1 Å². The Morgan fingerprint density at radius 3 is 2.77 bits per heavy atom. The number of hydrogen-bond donors (Lipinski definition) is 2. The maximum absolute atomic E-state index is 12.4. The Hall–Kier alpha value is -1.60. The number of rotatable bonds is 6. The average Bonchev–Trinajstić information content (AvgIpc) is 2.62. The normalized spacial score (nSPS) is 19.8. The summed E-state index contributed by atoms with van der Waals surface area (Å²) < 4.78 is 32.7. The van der Waals surface area contributed by atoms with Crippen LogP contribution in [0.2, 0.25) is 5.02 Å². The summed E-state index contributed by atoms with van der Waals surface area (Å²) in [4.78, 5) is 0. The molecule has 3 rings (SSSR count). The predicted octanol–water partition coefficient (Wildman–Crippen LogP) is 2.99. The summed E-state index contributed by atoms with van der Waals surface area (Å²) in [6.45, 7) is -0.0703. The highest BCUT2D eigenvalue weighted by molar-refractivity contribution is 7.88. The molecular weight excluding hydrogens is 374 g/mol. The van der Waals surface area contributed by atoms with E-state index >= 15 is 0 Å². The van der Waals surface area contributed by atoms with Crippen molar-refractivity contribution in [2.75, 3.05) is 13.7 Å². The number of fused-ring (bicyclic) bond motifs is 1. The van der Waals surface area contributed by atoms with Crippen LogP contribution in [0.15, 0.2) is 42.5 Å². The van der Waals surface area contributed by atoms with E-state index in [0.29, 0.717) is 17.0 Å². The third-order valence-corrected chi connectivity index (χ3v) is 6.38. The van der Waals surface area contributed by atoms with E-state index in [1.807, 2.05) is 12.1 Å². The lowest BCUT2D eigenvalue weighted by molar-refractivity contribution is 0.0242. The molecule has 5 nitrogen and oxygen atoms in total. The molecule has 0 heterocycles. The largest absolute Gasteiger partial charge is 0.497 e. The molecule has 1 aliphatic carbocycles. The van der Waals surface area contributed by atoms with Crippen molar-refractivity contribution in [3.63, 3.8) is 0 Å². The summed E-state index contributed by atoms with van der Waals surface area (Å²) in [7, 11) is -2.03. The van der Waals surface area contributed by atoms with Gasteiger partial charge in [0.2, 0.25) is 10.0 Å². The molecule has 7 heteroatoms. The molecule has 2 aromatic carbocycles. The Balaban J connectivity index is 1.76. The molecule has 140 valence electrons. The Bertz CT molecular complexity index is 900. The van der Waals surface area contributed by atoms with Crippen molar-refractivity contribution in [1.82, 2.24) is 4.72 Å². The van der Waals surface area contributed by atoms with E-state index in [4.69, 9.17) is 16.3 Å². The van der Waals surface area contributed by atoms with Crippen molar-refractivity contribution in [2.24, 2.45) is 0 Å². The highest BCUT2D eigenvalue weighted by atomic mass is 35.5. The van der Waals surface area contributed by atoms with Crippen LogP contribution in [0.3, 0.4) is 0 Å². The Morgan fingerprint density at radius 1 is 1.27 bits per heavy atom. The highest BCUT2D eigenvalue weighted by Gasteiger charge is 2.35. The molecule has 0 radical (unpaired) electrons. The zero-order valence-corrected chi connectivity index (χ0v) is 16.1. The zero-order valence-electron chi connectivity index (χ0n) is 14.5. The molecule has 0 unspecified atom stereocenters. The Morgan fingerprint density at radius 2 is 2.04 bits per heavy atom. The molecule has 0 fully saturated rings. The van der Waals surface area contributed by atoms with Gasteiger partial charge in [0.1, 0.15) is 11.4 Å². The van der Waals surface area contributed by atoms with Crippen molar-refractivity contribution in [3.8, 4) is 5.75 Å². The Kier molecular flexibility index (Phi) is 5.58. The van der Waals surface area contributed by atoms with E-state index in [1.165, 1.54) is 0 Å². The van der Waals surface area contributed by atoms with Gasteiger partial charge in [-0.1, -0.05) is 35.9 Å². The minimum Gasteiger partial charge on any atom is -0.497 e. The lowest BCUT2D eigenvalue weighted by Gasteiger charge is -2.34. The van der Waals surface area contributed by atoms with Crippen LogP contribution >= 0.6 is 11.6 Å². The average molecular weight is 396 g/mol. The SMILES string of the molecule is COc1ccc2c(c1)CCC[C@]2(O)CNS(=O)(=O)Cc1ccccc1Cl. The zero-order chi connectivity index (χ0) is 18.8. The van der Waals surface area contributed by atoms with Crippen molar-refractivity contribution < 1.29 is 18.3 Å². The second kappa shape index (κ2) is 7.56. The van der Waals surface area contributed by atoms with E-state index in [2.05, 4.69) is 4.72 Å². The molecule has 1 atom stereocenters. The van der Waals surface area contributed by atoms with Crippen LogP contribution in [-0.2, 0) is 27.8 Å². The smallest absolute Gasteiger partial charge is 0.215 e. The van der Waals surface area contributed by atoms with Gasteiger partial charge >= 0.3 is 0 Å². The van der Waals surface area contributed by atoms with Gasteiger partial charge in [0, 0.05) is 11.6 Å². The summed E-state index contributed by atoms with van der Waals surface area (Å²) >= 11 is 6.05. The fraction of sp³-hybridized carbons (Fsp3) is 0.368. The molecule has 1 aliphatic rings. The number of aryl methyl sites for hydroxylation is 1. The van der Waals surface area contributed by atoms with Crippen LogP contribution in [0.1, 0.15) is 29.5 Å². The van der Waals surface area contributed by atoms with Crippen LogP contribution in [-0.4, -0.2) is 27.2 Å². The van der Waals surface area contributed by atoms with Gasteiger partial charge in [-0.2, -0.15) is 0 Å². The fourth-order valence-corrected chi connectivity index (χ4v) is 4.85. The topological polar surface area (TPSA) is 75.6 Å². The lowest BCUT2D eigenvalue weighted by atomic mass is 9.79. The molecule has 26 heavy (non-hydrogen) atoms. The second-order valence-corrected chi connectivity index (χ2v) is 8.79. The number of halogens is 1. The summed E-state index contributed by atoms with van der Waals surface area (Å²) in [6.07, 6.45) is 2.12. The van der Waals surface area contributed by atoms with Gasteiger partial charge in [-0.3, -0.25) is 0 Å². The van der Waals surface area contributed by atoms with E-state index < -0.39 is 15.6 Å². The Labute approximate surface area is 159 Å². The molecule has 2 N–H and O–H groups in total. The second-order valence-electron chi connectivity index (χ2n) is 6.58. The van der Waals surface area contributed by atoms with Crippen molar-refractivity contribution >= 4 is 21.6 Å².